The van der Waals surface area contributed by atoms with E-state index in [1.165, 1.54) is 42.6 Å². The monoisotopic (exact) mass is 346 g/mol. The summed E-state index contributed by atoms with van der Waals surface area (Å²) in [4.78, 5) is 37.7. The van der Waals surface area contributed by atoms with E-state index in [4.69, 9.17) is 9.47 Å². The highest BCUT2D eigenvalue weighted by atomic mass is 32.2. The van der Waals surface area contributed by atoms with Crippen LogP contribution in [0.3, 0.4) is 0 Å². The van der Waals surface area contributed by atoms with Gasteiger partial charge >= 0.3 is 5.97 Å². The molecule has 1 fully saturated rings. The van der Waals surface area contributed by atoms with E-state index in [1.54, 1.807) is 13.2 Å². The SMILES string of the molecule is COC(=O)C1=C(C)CS[C@H]2N1C(=O)[C@]2(NC(=O)CSC)OC. The number of ether oxygens (including phenoxy) is 2. The molecule has 0 saturated carbocycles. The van der Waals surface area contributed by atoms with Crippen molar-refractivity contribution >= 4 is 41.3 Å². The summed E-state index contributed by atoms with van der Waals surface area (Å²) in [5, 5.41) is 2.17. The van der Waals surface area contributed by atoms with Crippen LogP contribution in [0, 0.1) is 0 Å². The molecule has 1 N–H and O–H groups in total. The number of nitrogens with one attached hydrogen (secondary N) is 1. The topological polar surface area (TPSA) is 84.9 Å². The second-order valence-corrected chi connectivity index (χ2v) is 6.81. The van der Waals surface area contributed by atoms with Crippen molar-refractivity contribution in [2.24, 2.45) is 0 Å². The molecule has 0 aromatic heterocycles. The van der Waals surface area contributed by atoms with Gasteiger partial charge in [-0.15, -0.1) is 11.8 Å². The molecule has 122 valence electrons. The lowest BCUT2D eigenvalue weighted by Crippen LogP contribution is -2.80. The van der Waals surface area contributed by atoms with Crippen molar-refractivity contribution in [1.29, 1.82) is 0 Å². The molecule has 1 saturated heterocycles. The van der Waals surface area contributed by atoms with Crippen LogP contribution in [-0.2, 0) is 23.9 Å². The standard InChI is InChI=1S/C13H18N2O5S2/c1-7-5-22-12-13(20-3,14-8(16)6-21-4)11(18)15(12)9(7)10(17)19-2/h12H,5-6H2,1-4H3,(H,14,16)/t12-,13+/m1/s1. The lowest BCUT2D eigenvalue weighted by molar-refractivity contribution is -0.192. The van der Waals surface area contributed by atoms with Gasteiger partial charge in [-0.2, -0.15) is 11.8 Å². The first-order valence-electron chi connectivity index (χ1n) is 6.51. The van der Waals surface area contributed by atoms with Gasteiger partial charge in [0.15, 0.2) is 0 Å². The molecular weight excluding hydrogens is 328 g/mol. The Labute approximate surface area is 137 Å². The van der Waals surface area contributed by atoms with Gasteiger partial charge in [-0.3, -0.25) is 14.5 Å². The molecule has 0 bridgehead atoms. The first-order chi connectivity index (χ1) is 10.4. The van der Waals surface area contributed by atoms with E-state index in [-0.39, 0.29) is 17.4 Å². The molecular formula is C13H18N2O5S2. The number of amides is 2. The van der Waals surface area contributed by atoms with E-state index in [9.17, 15) is 14.4 Å². The van der Waals surface area contributed by atoms with Crippen molar-refractivity contribution in [2.45, 2.75) is 18.0 Å². The maximum atomic E-state index is 12.6. The van der Waals surface area contributed by atoms with E-state index in [1.807, 2.05) is 0 Å². The second kappa shape index (κ2) is 6.51. The van der Waals surface area contributed by atoms with Crippen LogP contribution in [0.5, 0.6) is 0 Å². The maximum absolute atomic E-state index is 12.6. The summed E-state index contributed by atoms with van der Waals surface area (Å²) < 4.78 is 10.1. The Morgan fingerprint density at radius 3 is 2.73 bits per heavy atom. The Bertz CT molecular complexity index is 551. The van der Waals surface area contributed by atoms with Crippen molar-refractivity contribution in [2.75, 3.05) is 32.0 Å². The fourth-order valence-electron chi connectivity index (χ4n) is 2.49. The van der Waals surface area contributed by atoms with Gasteiger partial charge in [0.2, 0.25) is 5.91 Å². The van der Waals surface area contributed by atoms with E-state index in [0.29, 0.717) is 5.75 Å². The smallest absolute Gasteiger partial charge is 0.354 e. The highest BCUT2D eigenvalue weighted by Gasteiger charge is 2.66. The zero-order valence-corrected chi connectivity index (χ0v) is 14.4. The molecule has 0 aromatic rings. The van der Waals surface area contributed by atoms with E-state index < -0.39 is 23.0 Å². The lowest BCUT2D eigenvalue weighted by Gasteiger charge is -2.55. The van der Waals surface area contributed by atoms with Crippen molar-refractivity contribution in [1.82, 2.24) is 10.2 Å². The number of nitrogens with zero attached hydrogens (tertiary/aromatic N) is 1. The Morgan fingerprint density at radius 1 is 1.50 bits per heavy atom. The van der Waals surface area contributed by atoms with Gasteiger partial charge in [-0.05, 0) is 18.8 Å². The van der Waals surface area contributed by atoms with Gasteiger partial charge in [0.1, 0.15) is 11.1 Å². The quantitative estimate of drug-likeness (QED) is 0.431. The molecule has 2 atom stereocenters. The molecule has 7 nitrogen and oxygen atoms in total. The van der Waals surface area contributed by atoms with Gasteiger partial charge in [-0.25, -0.2) is 4.79 Å². The molecule has 9 heteroatoms. The highest BCUT2D eigenvalue weighted by molar-refractivity contribution is 8.00. The predicted octanol–water partition coefficient (Wildman–Crippen LogP) is 0.170. The van der Waals surface area contributed by atoms with Crippen LogP contribution in [0.15, 0.2) is 11.3 Å². The zero-order chi connectivity index (χ0) is 16.5. The fourth-order valence-corrected chi connectivity index (χ4v) is 4.21. The van der Waals surface area contributed by atoms with Crippen LogP contribution in [0.25, 0.3) is 0 Å². The van der Waals surface area contributed by atoms with Gasteiger partial charge < -0.3 is 14.8 Å². The van der Waals surface area contributed by atoms with Crippen molar-refractivity contribution in [3.63, 3.8) is 0 Å². The number of methoxy groups -OCH3 is 2. The lowest BCUT2D eigenvalue weighted by atomic mass is 9.98. The average molecular weight is 346 g/mol. The Balaban J connectivity index is 2.29. The average Bonchev–Trinajstić information content (AvgIpc) is 2.51. The number of rotatable bonds is 5. The first kappa shape index (κ1) is 17.2. The fraction of sp³-hybridized carbons (Fsp3) is 0.615. The van der Waals surface area contributed by atoms with Crippen molar-refractivity contribution in [3.05, 3.63) is 11.3 Å². The molecule has 2 aliphatic rings. The van der Waals surface area contributed by atoms with Gasteiger partial charge in [0, 0.05) is 12.9 Å². The molecule has 0 aliphatic carbocycles. The number of hydrogen-bond donors (Lipinski definition) is 1. The number of thioether (sulfide) groups is 2. The van der Waals surface area contributed by atoms with E-state index in [2.05, 4.69) is 5.32 Å². The van der Waals surface area contributed by atoms with Crippen LogP contribution < -0.4 is 5.32 Å². The summed E-state index contributed by atoms with van der Waals surface area (Å²) in [5.74, 6) is -0.511. The van der Waals surface area contributed by atoms with Gasteiger partial charge in [-0.1, -0.05) is 0 Å². The van der Waals surface area contributed by atoms with Crippen molar-refractivity contribution in [3.8, 4) is 0 Å². The molecule has 2 aliphatic heterocycles. The van der Waals surface area contributed by atoms with Crippen LogP contribution in [0.1, 0.15) is 6.92 Å². The second-order valence-electron chi connectivity index (χ2n) is 4.88. The number of β-lactam (4-membered cyclic amide) rings is 1. The number of fused-ring (bicyclic) bond motifs is 1. The van der Waals surface area contributed by atoms with Gasteiger partial charge in [0.25, 0.3) is 11.6 Å². The summed E-state index contributed by atoms with van der Waals surface area (Å²) in [6.07, 6.45) is 1.80. The summed E-state index contributed by atoms with van der Waals surface area (Å²) in [5.41, 5.74) is -0.415. The molecule has 0 aromatic carbocycles. The molecule has 22 heavy (non-hydrogen) atoms. The number of esters is 1. The Hall–Kier alpha value is -1.19. The molecule has 2 heterocycles. The minimum Gasteiger partial charge on any atom is -0.464 e. The predicted molar refractivity (Wildman–Crippen MR) is 84.1 cm³/mol. The number of hydrogen-bond acceptors (Lipinski definition) is 7. The summed E-state index contributed by atoms with van der Waals surface area (Å²) in [6.45, 7) is 1.78. The molecule has 2 amide bonds. The molecule has 0 radical (unpaired) electrons. The normalized spacial score (nSPS) is 27.2. The minimum atomic E-state index is -1.42. The van der Waals surface area contributed by atoms with Gasteiger partial charge in [0.05, 0.1) is 12.9 Å². The largest absolute Gasteiger partial charge is 0.464 e. The minimum absolute atomic E-state index is 0.231. The van der Waals surface area contributed by atoms with Crippen LogP contribution in [0.2, 0.25) is 0 Å². The first-order valence-corrected chi connectivity index (χ1v) is 8.95. The van der Waals surface area contributed by atoms with E-state index in [0.717, 1.165) is 5.57 Å². The number of carbonyl (C=O) groups excluding carboxylic acids is 3. The third-order valence-corrected chi connectivity index (χ3v) is 5.53. The van der Waals surface area contributed by atoms with E-state index >= 15 is 0 Å². The summed E-state index contributed by atoms with van der Waals surface area (Å²) in [7, 11) is 2.64. The highest BCUT2D eigenvalue weighted by Crippen LogP contribution is 2.46. The Morgan fingerprint density at radius 2 is 2.18 bits per heavy atom. The van der Waals surface area contributed by atoms with Crippen LogP contribution in [-0.4, -0.2) is 65.8 Å². The molecule has 0 unspecified atom stereocenters. The number of carbonyl (C=O) groups is 3. The Kier molecular flexibility index (Phi) is 5.08. The summed E-state index contributed by atoms with van der Waals surface area (Å²) in [6, 6.07) is 0. The third kappa shape index (κ3) is 2.50. The van der Waals surface area contributed by atoms with Crippen LogP contribution >= 0.6 is 23.5 Å². The van der Waals surface area contributed by atoms with Crippen molar-refractivity contribution < 1.29 is 23.9 Å². The third-order valence-electron chi connectivity index (χ3n) is 3.52. The molecule has 2 rings (SSSR count). The molecule has 0 spiro atoms. The zero-order valence-electron chi connectivity index (χ0n) is 12.8. The van der Waals surface area contributed by atoms with Crippen LogP contribution in [0.4, 0.5) is 0 Å². The summed E-state index contributed by atoms with van der Waals surface area (Å²) >= 11 is 2.79. The maximum Gasteiger partial charge on any atom is 0.354 e.